The number of anilines is 1. The van der Waals surface area contributed by atoms with Crippen molar-refractivity contribution in [2.45, 2.75) is 19.3 Å². The largest absolute Gasteiger partial charge is 0.482 e. The Morgan fingerprint density at radius 2 is 2.12 bits per heavy atom. The van der Waals surface area contributed by atoms with E-state index in [1.807, 2.05) is 24.3 Å². The van der Waals surface area contributed by atoms with Crippen molar-refractivity contribution in [1.82, 2.24) is 14.9 Å². The molecule has 1 aromatic carbocycles. The monoisotopic (exact) mass is 462 g/mol. The number of ether oxygens (including phenoxy) is 2. The summed E-state index contributed by atoms with van der Waals surface area (Å²) in [6.07, 6.45) is 8.31. The number of aromatic nitrogens is 2. The highest BCUT2D eigenvalue weighted by atomic mass is 19.1. The highest BCUT2D eigenvalue weighted by molar-refractivity contribution is 5.95. The van der Waals surface area contributed by atoms with Gasteiger partial charge in [0, 0.05) is 18.2 Å². The fourth-order valence-electron chi connectivity index (χ4n) is 4.52. The van der Waals surface area contributed by atoms with Crippen LogP contribution in [0.2, 0.25) is 0 Å². The Balaban J connectivity index is 1.17. The summed E-state index contributed by atoms with van der Waals surface area (Å²) >= 11 is 0. The zero-order chi connectivity index (χ0) is 23.5. The second-order valence-electron chi connectivity index (χ2n) is 8.69. The van der Waals surface area contributed by atoms with Gasteiger partial charge in [0.2, 0.25) is 5.88 Å². The first-order chi connectivity index (χ1) is 16.6. The first-order valence-electron chi connectivity index (χ1n) is 11.5. The highest BCUT2D eigenvalue weighted by Gasteiger charge is 2.19. The van der Waals surface area contributed by atoms with Crippen LogP contribution in [0.1, 0.15) is 24.0 Å². The molecular weight excluding hydrogens is 435 g/mol. The minimum absolute atomic E-state index is 0.0650. The maximum atomic E-state index is 14.6. The first kappa shape index (κ1) is 22.3. The Morgan fingerprint density at radius 1 is 1.26 bits per heavy atom. The smallest absolute Gasteiger partial charge is 0.262 e. The third-order valence-corrected chi connectivity index (χ3v) is 6.46. The second-order valence-corrected chi connectivity index (χ2v) is 8.69. The molecule has 0 unspecified atom stereocenters. The molecule has 0 radical (unpaired) electrons. The van der Waals surface area contributed by atoms with Crippen molar-refractivity contribution in [3.63, 3.8) is 0 Å². The zero-order valence-electron chi connectivity index (χ0n) is 19.1. The lowest BCUT2D eigenvalue weighted by Crippen LogP contribution is -2.34. The van der Waals surface area contributed by atoms with Crippen LogP contribution in [0, 0.1) is 11.7 Å². The number of hydrogen-bond acceptors (Lipinski definition) is 6. The summed E-state index contributed by atoms with van der Waals surface area (Å²) in [7, 11) is 1.55. The summed E-state index contributed by atoms with van der Waals surface area (Å²) in [5.74, 6) is 1.20. The number of rotatable bonds is 6. The summed E-state index contributed by atoms with van der Waals surface area (Å²) < 4.78 is 25.2. The van der Waals surface area contributed by atoms with Crippen molar-refractivity contribution in [1.29, 1.82) is 0 Å². The molecule has 5 rings (SSSR count). The number of halogens is 1. The van der Waals surface area contributed by atoms with Gasteiger partial charge in [0.1, 0.15) is 11.6 Å². The molecule has 34 heavy (non-hydrogen) atoms. The van der Waals surface area contributed by atoms with Crippen LogP contribution in [0.15, 0.2) is 42.6 Å². The molecule has 3 aromatic rings. The van der Waals surface area contributed by atoms with Crippen molar-refractivity contribution in [2.24, 2.45) is 5.92 Å². The Hall–Kier alpha value is -3.52. The summed E-state index contributed by atoms with van der Waals surface area (Å²) in [6.45, 7) is 2.76. The Labute approximate surface area is 197 Å². The number of likely N-dealkylation sites (tertiary alicyclic amines) is 1. The van der Waals surface area contributed by atoms with E-state index in [4.69, 9.17) is 9.47 Å². The first-order valence-corrected chi connectivity index (χ1v) is 11.5. The van der Waals surface area contributed by atoms with Gasteiger partial charge in [0.05, 0.1) is 30.0 Å². The standard InChI is InChI=1S/C26H27FN4O3/c1-33-25-7-5-21-26(30-25)19(20(27)15-28-21)10-13-31-11-8-17(9-12-31)2-3-18-4-6-23-22(14-18)29-24(32)16-34-23/h2-7,14-15,17H,8-13,16H2,1H3,(H,29,32). The summed E-state index contributed by atoms with van der Waals surface area (Å²) in [4.78, 5) is 22.5. The van der Waals surface area contributed by atoms with Crippen LogP contribution >= 0.6 is 0 Å². The van der Waals surface area contributed by atoms with Gasteiger partial charge >= 0.3 is 0 Å². The minimum Gasteiger partial charge on any atom is -0.482 e. The van der Waals surface area contributed by atoms with Crippen LogP contribution in [-0.4, -0.2) is 54.1 Å². The van der Waals surface area contributed by atoms with Gasteiger partial charge in [-0.1, -0.05) is 18.2 Å². The maximum Gasteiger partial charge on any atom is 0.262 e. The molecule has 176 valence electrons. The van der Waals surface area contributed by atoms with Crippen LogP contribution in [0.3, 0.4) is 0 Å². The van der Waals surface area contributed by atoms with Crippen molar-refractivity contribution in [3.05, 3.63) is 59.5 Å². The molecule has 0 bridgehead atoms. The van der Waals surface area contributed by atoms with E-state index in [0.29, 0.717) is 40.6 Å². The average Bonchev–Trinajstić information content (AvgIpc) is 2.87. The minimum atomic E-state index is -0.322. The van der Waals surface area contributed by atoms with Gasteiger partial charge in [-0.2, -0.15) is 0 Å². The molecule has 7 nitrogen and oxygen atoms in total. The van der Waals surface area contributed by atoms with Crippen molar-refractivity contribution in [3.8, 4) is 11.6 Å². The molecule has 0 saturated carbocycles. The van der Waals surface area contributed by atoms with Gasteiger partial charge in [0.25, 0.3) is 5.91 Å². The third-order valence-electron chi connectivity index (χ3n) is 6.46. The number of piperidine rings is 1. The van der Waals surface area contributed by atoms with Crippen LogP contribution in [0.4, 0.5) is 10.1 Å². The maximum absolute atomic E-state index is 14.6. The van der Waals surface area contributed by atoms with E-state index in [-0.39, 0.29) is 18.3 Å². The number of amides is 1. The van der Waals surface area contributed by atoms with Gasteiger partial charge in [-0.05, 0) is 62.0 Å². The molecule has 2 aromatic heterocycles. The molecule has 1 amide bonds. The number of pyridine rings is 2. The Bertz CT molecular complexity index is 1240. The average molecular weight is 463 g/mol. The number of fused-ring (bicyclic) bond motifs is 2. The topological polar surface area (TPSA) is 76.6 Å². The number of nitrogens with zero attached hydrogens (tertiary/aromatic N) is 3. The number of carbonyl (C=O) groups excluding carboxylic acids is 1. The number of carbonyl (C=O) groups is 1. The lowest BCUT2D eigenvalue weighted by molar-refractivity contribution is -0.118. The molecule has 1 fully saturated rings. The third kappa shape index (κ3) is 4.87. The molecule has 0 atom stereocenters. The van der Waals surface area contributed by atoms with Gasteiger partial charge in [-0.25, -0.2) is 9.37 Å². The van der Waals surface area contributed by atoms with Crippen molar-refractivity contribution < 1.29 is 18.7 Å². The van der Waals surface area contributed by atoms with Gasteiger partial charge < -0.3 is 19.7 Å². The fraction of sp³-hybridized carbons (Fsp3) is 0.346. The predicted molar refractivity (Wildman–Crippen MR) is 129 cm³/mol. The number of methoxy groups -OCH3 is 1. The summed E-state index contributed by atoms with van der Waals surface area (Å²) in [5, 5.41) is 2.85. The van der Waals surface area contributed by atoms with Gasteiger partial charge in [0.15, 0.2) is 6.61 Å². The SMILES string of the molecule is COc1ccc2ncc(F)c(CCN3CCC(C=Cc4ccc5c(c4)NC(=O)CO5)CC3)c2n1. The molecular formula is C26H27FN4O3. The van der Waals surface area contributed by atoms with Gasteiger partial charge in [-0.15, -0.1) is 0 Å². The highest BCUT2D eigenvalue weighted by Crippen LogP contribution is 2.29. The fourth-order valence-corrected chi connectivity index (χ4v) is 4.52. The summed E-state index contributed by atoms with van der Waals surface area (Å²) in [5.41, 5.74) is 3.60. The molecule has 2 aliphatic rings. The molecule has 4 heterocycles. The number of hydrogen-bond donors (Lipinski definition) is 1. The molecule has 1 saturated heterocycles. The normalized spacial score (nSPS) is 16.9. The van der Waals surface area contributed by atoms with E-state index in [1.165, 1.54) is 6.20 Å². The quantitative estimate of drug-likeness (QED) is 0.595. The van der Waals surface area contributed by atoms with Crippen LogP contribution in [0.25, 0.3) is 17.1 Å². The molecule has 1 N–H and O–H groups in total. The Kier molecular flexibility index (Phi) is 6.40. The van der Waals surface area contributed by atoms with Crippen LogP contribution in [0.5, 0.6) is 11.6 Å². The van der Waals surface area contributed by atoms with Gasteiger partial charge in [-0.3, -0.25) is 9.78 Å². The Morgan fingerprint density at radius 3 is 2.94 bits per heavy atom. The number of nitrogens with one attached hydrogen (secondary N) is 1. The van der Waals surface area contributed by atoms with E-state index >= 15 is 0 Å². The van der Waals surface area contributed by atoms with E-state index in [0.717, 1.165) is 43.7 Å². The number of benzene rings is 1. The van der Waals surface area contributed by atoms with Crippen LogP contribution in [-0.2, 0) is 11.2 Å². The van der Waals surface area contributed by atoms with E-state index in [9.17, 15) is 9.18 Å². The molecule has 0 aliphatic carbocycles. The van der Waals surface area contributed by atoms with E-state index < -0.39 is 0 Å². The second kappa shape index (κ2) is 9.77. The molecule has 2 aliphatic heterocycles. The van der Waals surface area contributed by atoms with E-state index in [1.54, 1.807) is 13.2 Å². The lowest BCUT2D eigenvalue weighted by Gasteiger charge is -2.30. The van der Waals surface area contributed by atoms with E-state index in [2.05, 4.69) is 32.3 Å². The molecule has 0 spiro atoms. The predicted octanol–water partition coefficient (Wildman–Crippen LogP) is 4.08. The summed E-state index contributed by atoms with van der Waals surface area (Å²) in [6, 6.07) is 9.38. The lowest BCUT2D eigenvalue weighted by atomic mass is 9.95. The van der Waals surface area contributed by atoms with Crippen molar-refractivity contribution >= 4 is 28.7 Å². The number of allylic oxidation sites excluding steroid dienone is 1. The molecule has 8 heteroatoms. The van der Waals surface area contributed by atoms with Crippen molar-refractivity contribution in [2.75, 3.05) is 38.7 Å². The van der Waals surface area contributed by atoms with Crippen LogP contribution < -0.4 is 14.8 Å². The zero-order valence-corrected chi connectivity index (χ0v) is 19.1.